The highest BCUT2D eigenvalue weighted by molar-refractivity contribution is 6.39. The molecule has 8 aliphatic rings. The van der Waals surface area contributed by atoms with E-state index in [4.69, 9.17) is 5.73 Å². The lowest BCUT2D eigenvalue weighted by molar-refractivity contribution is -0.148. The van der Waals surface area contributed by atoms with Gasteiger partial charge in [0.15, 0.2) is 0 Å². The number of aromatic nitrogens is 2. The molecule has 16 amide bonds. The molecule has 0 spiro atoms. The molecular weight excluding hydrogens is 1800 g/mol. The zero-order valence-electron chi connectivity index (χ0n) is 85.3. The lowest BCUT2D eigenvalue weighted by Crippen LogP contribution is -2.62. The molecule has 139 heavy (non-hydrogen) atoms. The summed E-state index contributed by atoms with van der Waals surface area (Å²) < 4.78 is 42.5. The number of carbonyl (C=O) groups is 16. The third kappa shape index (κ3) is 28.5. The van der Waals surface area contributed by atoms with E-state index in [1.165, 1.54) is 43.2 Å². The Morgan fingerprint density at radius 1 is 0.475 bits per heavy atom. The van der Waals surface area contributed by atoms with Gasteiger partial charge < -0.3 is 93.0 Å². The van der Waals surface area contributed by atoms with E-state index < -0.39 is 184 Å². The van der Waals surface area contributed by atoms with Crippen molar-refractivity contribution in [3.05, 3.63) is 94.8 Å². The van der Waals surface area contributed by atoms with Gasteiger partial charge in [0, 0.05) is 96.3 Å². The number of ketones is 3. The van der Waals surface area contributed by atoms with Gasteiger partial charge in [0.2, 0.25) is 58.7 Å². The lowest BCUT2D eigenvalue weighted by Gasteiger charge is -2.39. The third-order valence-electron chi connectivity index (χ3n) is 29.2. The summed E-state index contributed by atoms with van der Waals surface area (Å²) in [4.78, 5) is 243. The van der Waals surface area contributed by atoms with Crippen LogP contribution in [0.5, 0.6) is 0 Å². The van der Waals surface area contributed by atoms with Gasteiger partial charge in [-0.2, -0.15) is 13.2 Å². The summed E-state index contributed by atoms with van der Waals surface area (Å²) in [6.45, 7) is 53.1. The number of rotatable bonds is 39. The molecule has 2 aromatic heterocycles. The number of nitrogens with one attached hydrogen (secondary N) is 11. The summed E-state index contributed by atoms with van der Waals surface area (Å²) >= 11 is 0. The molecule has 0 bridgehead atoms. The van der Waals surface area contributed by atoms with E-state index in [1.807, 2.05) is 111 Å². The first kappa shape index (κ1) is 113. The Bertz CT molecular complexity index is 5030. The van der Waals surface area contributed by atoms with Crippen molar-refractivity contribution in [2.24, 2.45) is 96.9 Å². The molecular formula is C100H153F3N18O18. The van der Waals surface area contributed by atoms with Gasteiger partial charge in [-0.15, -0.1) is 13.2 Å². The van der Waals surface area contributed by atoms with Gasteiger partial charge in [0.25, 0.3) is 28.8 Å². The average molecular weight is 1950 g/mol. The predicted octanol–water partition coefficient (Wildman–Crippen LogP) is 6.55. The number of likely N-dealkylation sites (tertiary alicyclic amines) is 4. The number of halogens is 3. The van der Waals surface area contributed by atoms with Crippen LogP contribution >= 0.6 is 0 Å². The van der Waals surface area contributed by atoms with Crippen molar-refractivity contribution in [2.45, 2.75) is 309 Å². The number of carbonyl (C=O) groups excluding carboxylic acids is 16. The normalized spacial score (nSPS) is 23.1. The van der Waals surface area contributed by atoms with Crippen molar-refractivity contribution < 1.29 is 89.9 Å². The number of urea groups is 3. The number of primary amides is 1. The highest BCUT2D eigenvalue weighted by Gasteiger charge is 2.73. The number of piperidine rings is 3. The van der Waals surface area contributed by atoms with E-state index in [0.717, 1.165) is 19.3 Å². The van der Waals surface area contributed by atoms with E-state index in [0.29, 0.717) is 45.4 Å². The highest BCUT2D eigenvalue weighted by Crippen LogP contribution is 2.67. The Morgan fingerprint density at radius 2 is 0.827 bits per heavy atom. The third-order valence-corrected chi connectivity index (χ3v) is 29.2. The zero-order valence-corrected chi connectivity index (χ0v) is 85.3. The maximum atomic E-state index is 14.3. The molecule has 6 heterocycles. The monoisotopic (exact) mass is 1950 g/mol. The molecule has 39 heteroatoms. The van der Waals surface area contributed by atoms with Crippen molar-refractivity contribution >= 4 is 94.5 Å². The van der Waals surface area contributed by atoms with Crippen molar-refractivity contribution in [1.29, 1.82) is 0 Å². The fourth-order valence-corrected chi connectivity index (χ4v) is 19.9. The van der Waals surface area contributed by atoms with Crippen LogP contribution in [0.25, 0.3) is 0 Å². The molecule has 0 aromatic carbocycles. The zero-order chi connectivity index (χ0) is 105. The van der Waals surface area contributed by atoms with Crippen molar-refractivity contribution in [3.63, 3.8) is 0 Å². The Labute approximate surface area is 814 Å². The summed E-state index contributed by atoms with van der Waals surface area (Å²) in [5.41, 5.74) is 1.50. The Morgan fingerprint density at radius 3 is 1.12 bits per heavy atom. The van der Waals surface area contributed by atoms with Gasteiger partial charge in [-0.25, -0.2) is 14.4 Å². The quantitative estimate of drug-likeness (QED) is 0.0249. The van der Waals surface area contributed by atoms with E-state index >= 15 is 0 Å². The molecule has 3 unspecified atom stereocenters. The van der Waals surface area contributed by atoms with Crippen LogP contribution in [0.2, 0.25) is 0 Å². The number of hydrogen-bond acceptors (Lipinski definition) is 18. The van der Waals surface area contributed by atoms with Crippen LogP contribution in [-0.4, -0.2) is 248 Å². The van der Waals surface area contributed by atoms with Gasteiger partial charge >= 0.3 is 24.3 Å². The lowest BCUT2D eigenvalue weighted by atomic mass is 9.85. The van der Waals surface area contributed by atoms with E-state index in [1.54, 1.807) is 67.2 Å². The van der Waals surface area contributed by atoms with Gasteiger partial charge in [-0.05, 0) is 129 Å². The average Bonchev–Trinajstić information content (AvgIpc) is 1.53. The number of Topliss-reactive ketones (excluding diaryl/α,β-unsaturated/α-hetero) is 3. The number of nitrogens with zero attached hydrogens (tertiary/aromatic N) is 6. The number of pyridine rings is 2. The largest absolute Gasteiger partial charge is 0.389 e. The SMILES string of the molecule is C=CCNC(=O)C(=O)C(CCC(F)(F)F)NC(=O)[C@@H]1[C@@H]2[C@H](CN1C(=O)[C@@H](NC(=O)N[C@H](Cn1ccccc1=O)C(C)C)C(C)(C)C)C2(C)C.C=CCNC(=O)C(=O)C(CCC)NC(=O)[C@@H]1[C@@H]2[C@H](CN1C(=O)[C@@H](NC(=O)N[C@H](CN1CCCC1=O)C(C)(C)C)C(C)(C)C)C2(C)C.CC(C)[C@@H](Cn1ccccc1=O)NC(=O)N[C@H](C(=O)N1C[C@H]2[C@@H]([C@H]1C(=O)NC(CC1CC1)C(=O)C(N)=O)C2(C)C)C(C)(C)C. The predicted molar refractivity (Wildman–Crippen MR) is 515 cm³/mol. The fourth-order valence-electron chi connectivity index (χ4n) is 19.9. The molecule has 18 atom stereocenters. The number of alkyl halides is 3. The first-order valence-corrected chi connectivity index (χ1v) is 48.7. The van der Waals surface area contributed by atoms with Crippen LogP contribution in [-0.2, 0) is 75.4 Å². The van der Waals surface area contributed by atoms with Crippen LogP contribution in [0, 0.1) is 91.2 Å². The smallest absolute Gasteiger partial charge is 0.363 e. The first-order valence-electron chi connectivity index (χ1n) is 48.7. The minimum Gasteiger partial charge on any atom is -0.363 e. The number of fused-ring (bicyclic) bond motifs is 3. The Kier molecular flexibility index (Phi) is 36.6. The molecule has 10 rings (SSSR count). The maximum Gasteiger partial charge on any atom is 0.389 e. The van der Waals surface area contributed by atoms with E-state index in [9.17, 15) is 99.5 Å². The standard InChI is InChI=1S/C34H49F3N6O6.C34H56N6O6.C32H48N6O6/c1-9-15-38-29(47)26(45)21(13-14-34(35,36)37)39-28(46)25-24-20(33(24,7)8)17-43(25)30(48)27(32(4,5)6)41-31(49)40-22(19(2)3)18-42-16-11-10-12-23(42)44;1-11-14-21(26(42)29(44)35-16-12-2)36-28(43)25-24-20(34(24,9)10)18-40(25)30(45)27(33(6,7)8)38-31(46)37-22(32(3,4)5)19-39-17-13-15-23(39)41;1-17(2)21(16-37-13-9-8-10-22(37)39)35-30(44)36-26(31(3,4)5)29(43)38-15-19-23(32(19,6)7)24(38)28(42)34-20(14-18-11-12-18)25(40)27(33)41/h9-12,16,19-22,24-25,27H,1,13-15,17-18H2,2-8H3,(H,38,47)(H,39,46)(H2,40,41,49);12,20-22,24-25,27H,2,11,13-19H2,1,3-10H3,(H,35,44)(H,36,43)(H2,37,38,46);8-10,13,17-21,23-24,26H,11-12,14-16H2,1-7H3,(H2,33,41)(H,34,42)(H2,35,36,44)/t2*20-,21?,22+,24-,25-,27+;19-,20?,21+,23-,24-,26+/m000/s1. The van der Waals surface area contributed by atoms with Gasteiger partial charge in [0.05, 0.1) is 36.3 Å². The maximum absolute atomic E-state index is 14.3. The molecule has 4 saturated heterocycles. The summed E-state index contributed by atoms with van der Waals surface area (Å²) in [5.74, 6) is -9.39. The molecule has 0 radical (unpaired) electrons. The minimum absolute atomic E-state index is 0.00987. The van der Waals surface area contributed by atoms with Gasteiger partial charge in [-0.3, -0.25) is 71.9 Å². The van der Waals surface area contributed by atoms with E-state index in [2.05, 4.69) is 99.3 Å². The molecule has 4 aliphatic heterocycles. The van der Waals surface area contributed by atoms with Crippen LogP contribution in [0.3, 0.4) is 0 Å². The van der Waals surface area contributed by atoms with Crippen LogP contribution < -0.4 is 75.3 Å². The van der Waals surface area contributed by atoms with Gasteiger partial charge in [-0.1, -0.05) is 203 Å². The Hall–Kier alpha value is -11.3. The fraction of sp³-hybridized carbons (Fsp3) is 0.700. The molecule has 2 aromatic rings. The molecule has 36 nitrogen and oxygen atoms in total. The molecule has 4 saturated carbocycles. The number of amides is 16. The Balaban J connectivity index is 0.000000256. The molecule has 4 aliphatic carbocycles. The topological polar surface area (TPSA) is 488 Å². The summed E-state index contributed by atoms with van der Waals surface area (Å²) in [7, 11) is 0. The van der Waals surface area contributed by atoms with Crippen LogP contribution in [0.15, 0.2) is 83.7 Å². The van der Waals surface area contributed by atoms with E-state index in [-0.39, 0.29) is 143 Å². The van der Waals surface area contributed by atoms with Crippen LogP contribution in [0.1, 0.15) is 217 Å². The molecule has 13 N–H and O–H groups in total. The molecule has 772 valence electrons. The first-order chi connectivity index (χ1) is 64.3. The van der Waals surface area contributed by atoms with Crippen LogP contribution in [0.4, 0.5) is 27.6 Å². The number of nitrogens with two attached hydrogens (primary N) is 1. The van der Waals surface area contributed by atoms with Gasteiger partial charge in [0.1, 0.15) is 36.3 Å². The second kappa shape index (κ2) is 45.1. The summed E-state index contributed by atoms with van der Waals surface area (Å²) in [6, 6.07) is -3.17. The van der Waals surface area contributed by atoms with Crippen molar-refractivity contribution in [2.75, 3.05) is 45.8 Å². The molecule has 8 fully saturated rings. The second-order valence-corrected chi connectivity index (χ2v) is 45.6. The highest BCUT2D eigenvalue weighted by atomic mass is 19.4. The summed E-state index contributed by atoms with van der Waals surface area (Å²) in [6.07, 6.45) is 3.39. The minimum atomic E-state index is -4.66. The van der Waals surface area contributed by atoms with Crippen molar-refractivity contribution in [3.8, 4) is 0 Å². The number of hydrogen-bond donors (Lipinski definition) is 12. The summed E-state index contributed by atoms with van der Waals surface area (Å²) in [5, 5.41) is 30.0. The second-order valence-electron chi connectivity index (χ2n) is 45.6. The van der Waals surface area contributed by atoms with Crippen molar-refractivity contribution in [1.82, 2.24) is 87.2 Å².